The molecule has 2 N–H and O–H groups in total. The van der Waals surface area contributed by atoms with Crippen LogP contribution in [-0.2, 0) is 17.6 Å². The smallest absolute Gasteiger partial charge is 0.306 e. The van der Waals surface area contributed by atoms with E-state index < -0.39 is 5.97 Å². The van der Waals surface area contributed by atoms with E-state index in [1.54, 1.807) is 11.3 Å². The molecule has 1 heterocycles. The van der Waals surface area contributed by atoms with Crippen LogP contribution in [0.2, 0.25) is 0 Å². The van der Waals surface area contributed by atoms with Crippen LogP contribution in [-0.4, -0.2) is 23.0 Å². The van der Waals surface area contributed by atoms with Gasteiger partial charge in [0, 0.05) is 10.9 Å². The molecule has 1 amide bonds. The molecular formula is C16H21NO3S. The van der Waals surface area contributed by atoms with Crippen LogP contribution in [0.15, 0.2) is 6.07 Å². The molecule has 3 unspecified atom stereocenters. The van der Waals surface area contributed by atoms with Crippen molar-refractivity contribution in [3.8, 4) is 0 Å². The first kappa shape index (κ1) is 14.6. The molecule has 1 aromatic heterocycles. The molecule has 0 aromatic carbocycles. The first-order chi connectivity index (χ1) is 10.0. The number of hydrogen-bond donors (Lipinski definition) is 2. The lowest BCUT2D eigenvalue weighted by Crippen LogP contribution is -2.32. The lowest BCUT2D eigenvalue weighted by Gasteiger charge is -2.16. The second-order valence-electron chi connectivity index (χ2n) is 6.43. The molecule has 1 saturated carbocycles. The van der Waals surface area contributed by atoms with Gasteiger partial charge >= 0.3 is 5.97 Å². The number of carbonyl (C=O) groups is 2. The molecular weight excluding hydrogens is 286 g/mol. The zero-order chi connectivity index (χ0) is 15.0. The average molecular weight is 307 g/mol. The lowest BCUT2D eigenvalue weighted by molar-refractivity contribution is -0.141. The van der Waals surface area contributed by atoms with Gasteiger partial charge in [-0.25, -0.2) is 0 Å². The molecule has 5 heteroatoms. The van der Waals surface area contributed by atoms with Crippen molar-refractivity contribution >= 4 is 23.2 Å². The number of amides is 1. The minimum absolute atomic E-state index is 0.0108. The number of carboxylic acids is 1. The number of rotatable bonds is 3. The standard InChI is InChI=1S/C16H21NO3S/c1-9-2-5-13-11(6-9)8-14(21-13)15(18)17-12-4-3-10(7-12)16(19)20/h8-10,12H,2-7H2,1H3,(H,17,18)(H,19,20). The third-order valence-electron chi connectivity index (χ3n) is 4.67. The maximum Gasteiger partial charge on any atom is 0.306 e. The van der Waals surface area contributed by atoms with Crippen molar-refractivity contribution < 1.29 is 14.7 Å². The summed E-state index contributed by atoms with van der Waals surface area (Å²) in [7, 11) is 0. The Morgan fingerprint density at radius 3 is 2.86 bits per heavy atom. The molecule has 0 radical (unpaired) electrons. The third-order valence-corrected chi connectivity index (χ3v) is 5.91. The number of fused-ring (bicyclic) bond motifs is 1. The maximum absolute atomic E-state index is 12.3. The van der Waals surface area contributed by atoms with Crippen molar-refractivity contribution in [3.05, 3.63) is 21.4 Å². The SMILES string of the molecule is CC1CCc2sc(C(=O)NC3CCC(C(=O)O)C3)cc2C1. The second kappa shape index (κ2) is 5.79. The van der Waals surface area contributed by atoms with Gasteiger partial charge < -0.3 is 10.4 Å². The van der Waals surface area contributed by atoms with Gasteiger partial charge in [0.25, 0.3) is 5.91 Å². The van der Waals surface area contributed by atoms with Crippen LogP contribution in [0, 0.1) is 11.8 Å². The topological polar surface area (TPSA) is 66.4 Å². The third kappa shape index (κ3) is 3.12. The Labute approximate surface area is 128 Å². The van der Waals surface area contributed by atoms with Gasteiger partial charge in [0.15, 0.2) is 0 Å². The van der Waals surface area contributed by atoms with Gasteiger partial charge in [0.1, 0.15) is 0 Å². The molecule has 0 spiro atoms. The number of hydrogen-bond acceptors (Lipinski definition) is 3. The van der Waals surface area contributed by atoms with E-state index in [0.29, 0.717) is 18.8 Å². The predicted molar refractivity (Wildman–Crippen MR) is 81.7 cm³/mol. The highest BCUT2D eigenvalue weighted by Crippen LogP contribution is 2.32. The first-order valence-corrected chi connectivity index (χ1v) is 8.50. The number of thiophene rings is 1. The summed E-state index contributed by atoms with van der Waals surface area (Å²) in [5.41, 5.74) is 1.33. The Balaban J connectivity index is 1.63. The Hall–Kier alpha value is -1.36. The average Bonchev–Trinajstić information content (AvgIpc) is 3.04. The summed E-state index contributed by atoms with van der Waals surface area (Å²) < 4.78 is 0. The summed E-state index contributed by atoms with van der Waals surface area (Å²) in [6, 6.07) is 2.05. The number of carbonyl (C=O) groups excluding carboxylic acids is 1. The highest BCUT2D eigenvalue weighted by molar-refractivity contribution is 7.14. The summed E-state index contributed by atoms with van der Waals surface area (Å²) in [5, 5.41) is 12.0. The first-order valence-electron chi connectivity index (χ1n) is 7.68. The van der Waals surface area contributed by atoms with Crippen molar-refractivity contribution in [2.45, 2.75) is 51.5 Å². The Kier molecular flexibility index (Phi) is 4.02. The summed E-state index contributed by atoms with van der Waals surface area (Å²) in [4.78, 5) is 25.4. The van der Waals surface area contributed by atoms with Crippen LogP contribution in [0.1, 0.15) is 52.7 Å². The van der Waals surface area contributed by atoms with Crippen molar-refractivity contribution in [3.63, 3.8) is 0 Å². The highest BCUT2D eigenvalue weighted by atomic mass is 32.1. The van der Waals surface area contributed by atoms with E-state index in [2.05, 4.69) is 12.2 Å². The zero-order valence-corrected chi connectivity index (χ0v) is 13.0. The highest BCUT2D eigenvalue weighted by Gasteiger charge is 2.31. The van der Waals surface area contributed by atoms with E-state index in [9.17, 15) is 9.59 Å². The number of carboxylic acid groups (broad SMARTS) is 1. The molecule has 114 valence electrons. The molecule has 21 heavy (non-hydrogen) atoms. The largest absolute Gasteiger partial charge is 0.481 e. The molecule has 1 aromatic rings. The van der Waals surface area contributed by atoms with Gasteiger partial charge in [-0.1, -0.05) is 6.92 Å². The van der Waals surface area contributed by atoms with Crippen LogP contribution in [0.5, 0.6) is 0 Å². The quantitative estimate of drug-likeness (QED) is 0.902. The Bertz CT molecular complexity index is 566. The zero-order valence-electron chi connectivity index (χ0n) is 12.2. The Morgan fingerprint density at radius 1 is 1.33 bits per heavy atom. The molecule has 0 saturated heterocycles. The molecule has 4 nitrogen and oxygen atoms in total. The maximum atomic E-state index is 12.3. The molecule has 0 aliphatic heterocycles. The van der Waals surface area contributed by atoms with Crippen molar-refractivity contribution in [2.24, 2.45) is 11.8 Å². The molecule has 3 rings (SSSR count). The summed E-state index contributed by atoms with van der Waals surface area (Å²) in [6.07, 6.45) is 5.35. The van der Waals surface area contributed by atoms with Crippen LogP contribution in [0.25, 0.3) is 0 Å². The van der Waals surface area contributed by atoms with Gasteiger partial charge in [-0.2, -0.15) is 0 Å². The number of aliphatic carboxylic acids is 1. The van der Waals surface area contributed by atoms with Crippen LogP contribution in [0.3, 0.4) is 0 Å². The number of nitrogens with one attached hydrogen (secondary N) is 1. The van der Waals surface area contributed by atoms with Crippen LogP contribution in [0.4, 0.5) is 0 Å². The second-order valence-corrected chi connectivity index (χ2v) is 7.56. The molecule has 2 aliphatic carbocycles. The lowest BCUT2D eigenvalue weighted by atomic mass is 9.90. The van der Waals surface area contributed by atoms with Crippen molar-refractivity contribution in [1.29, 1.82) is 0 Å². The predicted octanol–water partition coefficient (Wildman–Crippen LogP) is 2.86. The normalized spacial score (nSPS) is 28.1. The van der Waals surface area contributed by atoms with Gasteiger partial charge in [0.05, 0.1) is 10.8 Å². The van der Waals surface area contributed by atoms with E-state index >= 15 is 0 Å². The number of aryl methyl sites for hydroxylation is 1. The summed E-state index contributed by atoms with van der Waals surface area (Å²) >= 11 is 1.61. The fourth-order valence-corrected chi connectivity index (χ4v) is 4.52. The minimum Gasteiger partial charge on any atom is -0.481 e. The van der Waals surface area contributed by atoms with E-state index in [1.165, 1.54) is 16.9 Å². The van der Waals surface area contributed by atoms with E-state index in [4.69, 9.17) is 5.11 Å². The van der Waals surface area contributed by atoms with E-state index in [0.717, 1.165) is 24.1 Å². The van der Waals surface area contributed by atoms with Crippen LogP contribution < -0.4 is 5.32 Å². The van der Waals surface area contributed by atoms with E-state index in [1.807, 2.05) is 6.07 Å². The fourth-order valence-electron chi connectivity index (χ4n) is 3.41. The fraction of sp³-hybridized carbons (Fsp3) is 0.625. The van der Waals surface area contributed by atoms with Crippen molar-refractivity contribution in [1.82, 2.24) is 5.32 Å². The van der Waals surface area contributed by atoms with Crippen LogP contribution >= 0.6 is 11.3 Å². The van der Waals surface area contributed by atoms with Gasteiger partial charge in [-0.15, -0.1) is 11.3 Å². The summed E-state index contributed by atoms with van der Waals surface area (Å²) in [5.74, 6) is -0.368. The van der Waals surface area contributed by atoms with Gasteiger partial charge in [-0.05, 0) is 56.1 Å². The molecule has 0 bridgehead atoms. The monoisotopic (exact) mass is 307 g/mol. The van der Waals surface area contributed by atoms with Gasteiger partial charge in [-0.3, -0.25) is 9.59 Å². The van der Waals surface area contributed by atoms with E-state index in [-0.39, 0.29) is 17.9 Å². The summed E-state index contributed by atoms with van der Waals surface area (Å²) in [6.45, 7) is 2.25. The minimum atomic E-state index is -0.743. The Morgan fingerprint density at radius 2 is 2.14 bits per heavy atom. The molecule has 2 aliphatic rings. The van der Waals surface area contributed by atoms with Gasteiger partial charge in [0.2, 0.25) is 0 Å². The molecule has 3 atom stereocenters. The van der Waals surface area contributed by atoms with Crippen molar-refractivity contribution in [2.75, 3.05) is 0 Å². The molecule has 1 fully saturated rings.